The highest BCUT2D eigenvalue weighted by Gasteiger charge is 2.29. The smallest absolute Gasteiger partial charge is 0.243 e. The van der Waals surface area contributed by atoms with Gasteiger partial charge in [0.25, 0.3) is 0 Å². The maximum Gasteiger partial charge on any atom is 0.243 e. The summed E-state index contributed by atoms with van der Waals surface area (Å²) in [4.78, 5) is 12.2. The van der Waals surface area contributed by atoms with Gasteiger partial charge in [-0.25, -0.2) is 16.8 Å². The van der Waals surface area contributed by atoms with Crippen molar-refractivity contribution in [1.82, 2.24) is 4.31 Å². The van der Waals surface area contributed by atoms with Gasteiger partial charge in [-0.3, -0.25) is 4.79 Å². The second-order valence-corrected chi connectivity index (χ2v) is 10.6. The summed E-state index contributed by atoms with van der Waals surface area (Å²) in [5.41, 5.74) is 0.0247. The molecule has 1 N–H and O–H groups in total. The average molecular weight is 437 g/mol. The van der Waals surface area contributed by atoms with Gasteiger partial charge in [0.05, 0.1) is 34.6 Å². The summed E-state index contributed by atoms with van der Waals surface area (Å²) >= 11 is 6.05. The summed E-state index contributed by atoms with van der Waals surface area (Å²) in [7, 11) is -7.49. The normalized spacial score (nSPS) is 17.3. The molecule has 1 amide bonds. The highest BCUT2D eigenvalue weighted by molar-refractivity contribution is 7.92. The highest BCUT2D eigenvalue weighted by Crippen LogP contribution is 2.27. The van der Waals surface area contributed by atoms with Crippen LogP contribution in [0.15, 0.2) is 35.7 Å². The predicted octanol–water partition coefficient (Wildman–Crippen LogP) is 1.29. The van der Waals surface area contributed by atoms with Gasteiger partial charge in [0.15, 0.2) is 9.84 Å². The third-order valence-corrected chi connectivity index (χ3v) is 8.28. The number of sulfone groups is 1. The summed E-state index contributed by atoms with van der Waals surface area (Å²) in [6, 6.07) is 3.89. The zero-order valence-electron chi connectivity index (χ0n) is 14.7. The van der Waals surface area contributed by atoms with Crippen LogP contribution in [0, 0.1) is 0 Å². The minimum atomic E-state index is -3.78. The number of rotatable bonds is 7. The second kappa shape index (κ2) is 8.70. The number of hydrogen-bond acceptors (Lipinski definition) is 6. The molecule has 1 fully saturated rings. The van der Waals surface area contributed by atoms with Crippen molar-refractivity contribution in [3.05, 3.63) is 35.9 Å². The summed E-state index contributed by atoms with van der Waals surface area (Å²) in [5, 5.41) is 1.15. The molecule has 0 aliphatic carbocycles. The molecule has 1 aliphatic heterocycles. The van der Waals surface area contributed by atoms with Crippen LogP contribution in [0.25, 0.3) is 0 Å². The Morgan fingerprint density at radius 1 is 1.33 bits per heavy atom. The second-order valence-electron chi connectivity index (χ2n) is 5.91. The first-order valence-corrected chi connectivity index (χ1v) is 11.6. The van der Waals surface area contributed by atoms with E-state index in [2.05, 4.69) is 11.9 Å². The van der Waals surface area contributed by atoms with Crippen molar-refractivity contribution in [2.24, 2.45) is 0 Å². The van der Waals surface area contributed by atoms with E-state index < -0.39 is 31.0 Å². The van der Waals surface area contributed by atoms with Crippen molar-refractivity contribution < 1.29 is 26.4 Å². The van der Waals surface area contributed by atoms with Crippen molar-refractivity contribution in [3.8, 4) is 0 Å². The highest BCUT2D eigenvalue weighted by atomic mass is 35.5. The minimum Gasteiger partial charge on any atom is -0.379 e. The molecule has 1 atom stereocenters. The van der Waals surface area contributed by atoms with Crippen molar-refractivity contribution in [1.29, 1.82) is 0 Å². The molecular formula is C16H21ClN2O6S2. The summed E-state index contributed by atoms with van der Waals surface area (Å²) in [6.07, 6.45) is 1.20. The number of amides is 1. The van der Waals surface area contributed by atoms with E-state index in [1.165, 1.54) is 35.5 Å². The van der Waals surface area contributed by atoms with Gasteiger partial charge in [-0.15, -0.1) is 6.58 Å². The molecule has 0 aromatic heterocycles. The fourth-order valence-electron chi connectivity index (χ4n) is 2.40. The Morgan fingerprint density at radius 3 is 2.56 bits per heavy atom. The van der Waals surface area contributed by atoms with E-state index in [1.807, 2.05) is 0 Å². The Balaban J connectivity index is 2.27. The lowest BCUT2D eigenvalue weighted by Crippen LogP contribution is -2.40. The summed E-state index contributed by atoms with van der Waals surface area (Å²) in [5.74, 6) is -1.15. The molecule has 2 rings (SSSR count). The molecule has 27 heavy (non-hydrogen) atoms. The largest absolute Gasteiger partial charge is 0.379 e. The van der Waals surface area contributed by atoms with E-state index >= 15 is 0 Å². The molecule has 1 aromatic rings. The standard InChI is InChI=1S/C16H21ClN2O6S2/c1-3-10-26(21,22)12(2)16(20)18-15-11-13(4-5-14(15)17)27(23,24)19-6-8-25-9-7-19/h3-5,11-12H,1,6-10H2,2H3,(H,18,20). The molecule has 150 valence electrons. The number of nitrogens with zero attached hydrogens (tertiary/aromatic N) is 1. The van der Waals surface area contributed by atoms with Crippen LogP contribution in [0.2, 0.25) is 5.02 Å². The monoisotopic (exact) mass is 436 g/mol. The molecule has 1 aliphatic rings. The molecule has 8 nitrogen and oxygen atoms in total. The zero-order valence-corrected chi connectivity index (χ0v) is 17.1. The van der Waals surface area contributed by atoms with Gasteiger partial charge >= 0.3 is 0 Å². The van der Waals surface area contributed by atoms with Gasteiger partial charge in [-0.05, 0) is 25.1 Å². The number of benzene rings is 1. The molecule has 1 heterocycles. The maximum atomic E-state index is 12.7. The number of halogens is 1. The molecule has 11 heteroatoms. The van der Waals surface area contributed by atoms with E-state index in [0.717, 1.165) is 0 Å². The molecule has 1 saturated heterocycles. The van der Waals surface area contributed by atoms with Gasteiger partial charge in [0.1, 0.15) is 5.25 Å². The predicted molar refractivity (Wildman–Crippen MR) is 103 cm³/mol. The van der Waals surface area contributed by atoms with Crippen LogP contribution in [-0.2, 0) is 29.4 Å². The van der Waals surface area contributed by atoms with Crippen molar-refractivity contribution in [2.75, 3.05) is 37.4 Å². The number of carbonyl (C=O) groups is 1. The van der Waals surface area contributed by atoms with Gasteiger partial charge < -0.3 is 10.1 Å². The lowest BCUT2D eigenvalue weighted by atomic mass is 10.3. The lowest BCUT2D eigenvalue weighted by molar-refractivity contribution is -0.115. The van der Waals surface area contributed by atoms with E-state index in [9.17, 15) is 21.6 Å². The minimum absolute atomic E-state index is 0.0247. The van der Waals surface area contributed by atoms with Crippen molar-refractivity contribution in [2.45, 2.75) is 17.1 Å². The van der Waals surface area contributed by atoms with E-state index in [-0.39, 0.29) is 34.4 Å². The molecule has 0 saturated carbocycles. The number of nitrogens with one attached hydrogen (secondary N) is 1. The number of sulfonamides is 1. The van der Waals surface area contributed by atoms with Crippen LogP contribution in [0.4, 0.5) is 5.69 Å². The Kier molecular flexibility index (Phi) is 7.03. The molecule has 0 spiro atoms. The third-order valence-electron chi connectivity index (χ3n) is 4.06. The Bertz CT molecular complexity index is 924. The van der Waals surface area contributed by atoms with Crippen LogP contribution in [0.1, 0.15) is 6.92 Å². The first-order chi connectivity index (χ1) is 12.6. The maximum absolute atomic E-state index is 12.7. The van der Waals surface area contributed by atoms with E-state index in [0.29, 0.717) is 13.2 Å². The van der Waals surface area contributed by atoms with Crippen LogP contribution in [-0.4, -0.2) is 64.4 Å². The van der Waals surface area contributed by atoms with Crippen molar-refractivity contribution >= 4 is 43.1 Å². The van der Waals surface area contributed by atoms with Gasteiger partial charge in [-0.1, -0.05) is 17.7 Å². The number of hydrogen-bond donors (Lipinski definition) is 1. The quantitative estimate of drug-likeness (QED) is 0.645. The van der Waals surface area contributed by atoms with Crippen LogP contribution in [0.5, 0.6) is 0 Å². The number of anilines is 1. The number of carbonyl (C=O) groups excluding carboxylic acids is 1. The van der Waals surface area contributed by atoms with E-state index in [4.69, 9.17) is 16.3 Å². The van der Waals surface area contributed by atoms with E-state index in [1.54, 1.807) is 0 Å². The topological polar surface area (TPSA) is 110 Å². The van der Waals surface area contributed by atoms with Gasteiger partial charge in [0, 0.05) is 13.1 Å². The number of ether oxygens (including phenoxy) is 1. The van der Waals surface area contributed by atoms with Gasteiger partial charge in [-0.2, -0.15) is 4.31 Å². The number of morpholine rings is 1. The van der Waals surface area contributed by atoms with Crippen LogP contribution >= 0.6 is 11.6 Å². The molecule has 0 bridgehead atoms. The molecule has 1 aromatic carbocycles. The molecular weight excluding hydrogens is 416 g/mol. The first-order valence-electron chi connectivity index (χ1n) is 8.10. The first kappa shape index (κ1) is 21.8. The summed E-state index contributed by atoms with van der Waals surface area (Å²) < 4.78 is 55.9. The Morgan fingerprint density at radius 2 is 1.96 bits per heavy atom. The SMILES string of the molecule is C=CCS(=O)(=O)C(C)C(=O)Nc1cc(S(=O)(=O)N2CCOCC2)ccc1Cl. The third kappa shape index (κ3) is 5.08. The molecule has 0 radical (unpaired) electrons. The van der Waals surface area contributed by atoms with Crippen LogP contribution in [0.3, 0.4) is 0 Å². The zero-order chi connectivity index (χ0) is 20.2. The summed E-state index contributed by atoms with van der Waals surface area (Å²) in [6.45, 7) is 5.66. The average Bonchev–Trinajstić information content (AvgIpc) is 2.63. The fourth-order valence-corrected chi connectivity index (χ4v) is 5.00. The molecule has 1 unspecified atom stereocenters. The Hall–Kier alpha value is -1.46. The van der Waals surface area contributed by atoms with Crippen LogP contribution < -0.4 is 5.32 Å². The Labute approximate surface area is 164 Å². The van der Waals surface area contributed by atoms with Crippen molar-refractivity contribution in [3.63, 3.8) is 0 Å². The fraction of sp³-hybridized carbons (Fsp3) is 0.438. The van der Waals surface area contributed by atoms with Gasteiger partial charge in [0.2, 0.25) is 15.9 Å². The lowest BCUT2D eigenvalue weighted by Gasteiger charge is -2.26.